The van der Waals surface area contributed by atoms with E-state index in [-0.39, 0.29) is 5.91 Å². The van der Waals surface area contributed by atoms with Gasteiger partial charge in [-0.1, -0.05) is 18.5 Å². The Morgan fingerprint density at radius 1 is 1.19 bits per heavy atom. The van der Waals surface area contributed by atoms with E-state index in [1.54, 1.807) is 16.2 Å². The molecule has 0 spiro atoms. The minimum Gasteiger partial charge on any atom is -0.337 e. The number of aryl methyl sites for hydroxylation is 3. The molecule has 31 heavy (non-hydrogen) atoms. The Kier molecular flexibility index (Phi) is 5.86. The average molecular weight is 453 g/mol. The van der Waals surface area contributed by atoms with E-state index in [9.17, 15) is 4.79 Å². The Bertz CT molecular complexity index is 1290. The summed E-state index contributed by atoms with van der Waals surface area (Å²) in [7, 11) is 3.74. The SMILES string of the molecule is CCc1ccc(-c2cc(C(=O)N(C)Cc3c(C)nn(C)c3C)c3cc(Cl)ccc3n2)s1. The van der Waals surface area contributed by atoms with Gasteiger partial charge in [0.1, 0.15) is 0 Å². The van der Waals surface area contributed by atoms with Gasteiger partial charge in [0, 0.05) is 47.2 Å². The van der Waals surface area contributed by atoms with Crippen LogP contribution in [0, 0.1) is 13.8 Å². The van der Waals surface area contributed by atoms with E-state index in [0.29, 0.717) is 17.1 Å². The first kappa shape index (κ1) is 21.5. The maximum Gasteiger partial charge on any atom is 0.254 e. The number of pyridine rings is 1. The molecule has 0 saturated carbocycles. The van der Waals surface area contributed by atoms with Crippen LogP contribution in [0.5, 0.6) is 0 Å². The number of benzene rings is 1. The van der Waals surface area contributed by atoms with Crippen molar-refractivity contribution in [1.82, 2.24) is 19.7 Å². The lowest BCUT2D eigenvalue weighted by atomic mass is 10.1. The largest absolute Gasteiger partial charge is 0.337 e. The topological polar surface area (TPSA) is 51.0 Å². The van der Waals surface area contributed by atoms with Crippen molar-refractivity contribution < 1.29 is 4.79 Å². The van der Waals surface area contributed by atoms with Crippen LogP contribution in [-0.4, -0.2) is 32.6 Å². The molecule has 7 heteroatoms. The summed E-state index contributed by atoms with van der Waals surface area (Å²) >= 11 is 7.98. The molecule has 3 aromatic heterocycles. The molecular weight excluding hydrogens is 428 g/mol. The van der Waals surface area contributed by atoms with Crippen molar-refractivity contribution in [2.75, 3.05) is 7.05 Å². The number of hydrogen-bond donors (Lipinski definition) is 0. The number of aromatic nitrogens is 3. The smallest absolute Gasteiger partial charge is 0.254 e. The molecule has 4 rings (SSSR count). The predicted molar refractivity (Wildman–Crippen MR) is 128 cm³/mol. The summed E-state index contributed by atoms with van der Waals surface area (Å²) in [5.74, 6) is -0.0640. The maximum absolute atomic E-state index is 13.6. The molecule has 0 saturated heterocycles. The third kappa shape index (κ3) is 4.10. The number of fused-ring (bicyclic) bond motifs is 1. The lowest BCUT2D eigenvalue weighted by Gasteiger charge is -2.19. The van der Waals surface area contributed by atoms with Gasteiger partial charge >= 0.3 is 0 Å². The minimum absolute atomic E-state index is 0.0640. The first-order chi connectivity index (χ1) is 14.8. The zero-order valence-corrected chi connectivity index (χ0v) is 19.9. The molecule has 0 aliphatic carbocycles. The van der Waals surface area contributed by atoms with Crippen molar-refractivity contribution in [3.63, 3.8) is 0 Å². The lowest BCUT2D eigenvalue weighted by molar-refractivity contribution is 0.0786. The number of halogens is 1. The van der Waals surface area contributed by atoms with Crippen LogP contribution in [0.25, 0.3) is 21.5 Å². The molecule has 0 aliphatic heterocycles. The van der Waals surface area contributed by atoms with Crippen LogP contribution >= 0.6 is 22.9 Å². The van der Waals surface area contributed by atoms with E-state index >= 15 is 0 Å². The number of carbonyl (C=O) groups is 1. The van der Waals surface area contributed by atoms with E-state index in [2.05, 4.69) is 24.2 Å². The van der Waals surface area contributed by atoms with E-state index in [1.807, 2.05) is 56.9 Å². The molecule has 0 bridgehead atoms. The molecule has 1 amide bonds. The normalized spacial score (nSPS) is 11.3. The van der Waals surface area contributed by atoms with Crippen molar-refractivity contribution in [2.24, 2.45) is 7.05 Å². The Morgan fingerprint density at radius 3 is 2.61 bits per heavy atom. The summed E-state index contributed by atoms with van der Waals surface area (Å²) in [6.07, 6.45) is 0.978. The standard InChI is InChI=1S/C24H25ClN4OS/c1-6-17-8-10-23(31-17)22-12-19(18-11-16(25)7-9-21(18)26-22)24(30)28(4)13-20-14(2)27-29(5)15(20)3/h7-12H,6,13H2,1-5H3. The highest BCUT2D eigenvalue weighted by Gasteiger charge is 2.21. The second-order valence-electron chi connectivity index (χ2n) is 7.77. The van der Waals surface area contributed by atoms with Crippen molar-refractivity contribution >= 4 is 39.7 Å². The minimum atomic E-state index is -0.0640. The second kappa shape index (κ2) is 8.44. The molecule has 4 aromatic rings. The number of rotatable bonds is 5. The van der Waals surface area contributed by atoms with Gasteiger partial charge in [0.05, 0.1) is 27.3 Å². The molecule has 0 atom stereocenters. The van der Waals surface area contributed by atoms with Crippen molar-refractivity contribution in [1.29, 1.82) is 0 Å². The third-order valence-electron chi connectivity index (χ3n) is 5.66. The van der Waals surface area contributed by atoms with Gasteiger partial charge in [-0.05, 0) is 56.7 Å². The first-order valence-corrected chi connectivity index (χ1v) is 11.4. The molecule has 5 nitrogen and oxygen atoms in total. The zero-order valence-electron chi connectivity index (χ0n) is 18.4. The summed E-state index contributed by atoms with van der Waals surface area (Å²) in [4.78, 5) is 22.5. The van der Waals surface area contributed by atoms with E-state index in [0.717, 1.165) is 44.8 Å². The maximum atomic E-state index is 13.6. The van der Waals surface area contributed by atoms with Gasteiger partial charge in [-0.2, -0.15) is 5.10 Å². The van der Waals surface area contributed by atoms with Crippen LogP contribution in [0.1, 0.15) is 39.1 Å². The summed E-state index contributed by atoms with van der Waals surface area (Å²) in [6, 6.07) is 11.6. The van der Waals surface area contributed by atoms with Crippen molar-refractivity contribution in [3.8, 4) is 10.6 Å². The fraction of sp³-hybridized carbons (Fsp3) is 0.292. The number of hydrogen-bond acceptors (Lipinski definition) is 4. The summed E-state index contributed by atoms with van der Waals surface area (Å²) in [6.45, 7) is 6.62. The van der Waals surface area contributed by atoms with Gasteiger partial charge in [-0.3, -0.25) is 9.48 Å². The highest BCUT2D eigenvalue weighted by atomic mass is 35.5. The molecular formula is C24H25ClN4OS. The van der Waals surface area contributed by atoms with Crippen molar-refractivity contribution in [3.05, 3.63) is 68.8 Å². The molecule has 0 fully saturated rings. The van der Waals surface area contributed by atoms with Crippen LogP contribution in [0.2, 0.25) is 5.02 Å². The van der Waals surface area contributed by atoms with Gasteiger partial charge < -0.3 is 4.90 Å². The van der Waals surface area contributed by atoms with E-state index in [1.165, 1.54) is 4.88 Å². The molecule has 160 valence electrons. The van der Waals surface area contributed by atoms with E-state index < -0.39 is 0 Å². The highest BCUT2D eigenvalue weighted by Crippen LogP contribution is 2.32. The summed E-state index contributed by atoms with van der Waals surface area (Å²) in [5.41, 5.74) is 5.25. The Hall–Kier alpha value is -2.70. The summed E-state index contributed by atoms with van der Waals surface area (Å²) in [5, 5.41) is 5.82. The predicted octanol–water partition coefficient (Wildman–Crippen LogP) is 5.80. The number of thiophene rings is 1. The average Bonchev–Trinajstić information content (AvgIpc) is 3.33. The van der Waals surface area contributed by atoms with E-state index in [4.69, 9.17) is 16.6 Å². The molecule has 0 aliphatic rings. The van der Waals surface area contributed by atoms with Gasteiger partial charge in [0.2, 0.25) is 0 Å². The fourth-order valence-corrected chi connectivity index (χ4v) is 4.85. The Balaban J connectivity index is 1.78. The van der Waals surface area contributed by atoms with Gasteiger partial charge in [-0.25, -0.2) is 4.98 Å². The van der Waals surface area contributed by atoms with Crippen molar-refractivity contribution in [2.45, 2.75) is 33.7 Å². The number of carbonyl (C=O) groups excluding carboxylic acids is 1. The van der Waals surface area contributed by atoms with Crippen LogP contribution in [-0.2, 0) is 20.0 Å². The molecule has 0 N–H and O–H groups in total. The third-order valence-corrected chi connectivity index (χ3v) is 7.15. The molecule has 0 unspecified atom stereocenters. The quantitative estimate of drug-likeness (QED) is 0.384. The second-order valence-corrected chi connectivity index (χ2v) is 9.37. The number of amides is 1. The lowest BCUT2D eigenvalue weighted by Crippen LogP contribution is -2.27. The fourth-order valence-electron chi connectivity index (χ4n) is 3.77. The molecule has 1 aromatic carbocycles. The van der Waals surface area contributed by atoms with Crippen LogP contribution in [0.4, 0.5) is 0 Å². The first-order valence-electron chi connectivity index (χ1n) is 10.2. The van der Waals surface area contributed by atoms with Gasteiger partial charge in [0.15, 0.2) is 0 Å². The van der Waals surface area contributed by atoms with Crippen LogP contribution < -0.4 is 0 Å². The Labute approximate surface area is 191 Å². The number of nitrogens with zero attached hydrogens (tertiary/aromatic N) is 4. The van der Waals surface area contributed by atoms with Crippen LogP contribution in [0.3, 0.4) is 0 Å². The molecule has 3 heterocycles. The summed E-state index contributed by atoms with van der Waals surface area (Å²) < 4.78 is 1.85. The monoisotopic (exact) mass is 452 g/mol. The zero-order chi connectivity index (χ0) is 22.3. The van der Waals surface area contributed by atoms with Gasteiger partial charge in [0.25, 0.3) is 5.91 Å². The van der Waals surface area contributed by atoms with Gasteiger partial charge in [-0.15, -0.1) is 11.3 Å². The Morgan fingerprint density at radius 2 is 1.97 bits per heavy atom. The molecule has 0 radical (unpaired) electrons. The highest BCUT2D eigenvalue weighted by molar-refractivity contribution is 7.15. The van der Waals surface area contributed by atoms with Crippen LogP contribution in [0.15, 0.2) is 36.4 Å².